The fourth-order valence-electron chi connectivity index (χ4n) is 4.08. The number of hydrogen-bond acceptors (Lipinski definition) is 3. The maximum atomic E-state index is 13.1. The monoisotopic (exact) mass is 384 g/mol. The van der Waals surface area contributed by atoms with Crippen LogP contribution in [-0.2, 0) is 15.8 Å². The van der Waals surface area contributed by atoms with Crippen LogP contribution in [0.2, 0.25) is 0 Å². The van der Waals surface area contributed by atoms with Crippen LogP contribution in [0.4, 0.5) is 13.2 Å². The van der Waals surface area contributed by atoms with Gasteiger partial charge in [0.25, 0.3) is 0 Å². The van der Waals surface area contributed by atoms with Gasteiger partial charge in [-0.15, -0.1) is 0 Å². The number of alkyl halides is 3. The molecule has 0 aromatic heterocycles. The van der Waals surface area contributed by atoms with Gasteiger partial charge in [-0.05, 0) is 36.8 Å². The fourth-order valence-corrected chi connectivity index (χ4v) is 4.08. The Bertz CT molecular complexity index is 708. The smallest absolute Gasteiger partial charge is 0.387 e. The highest BCUT2D eigenvalue weighted by atomic mass is 19.4. The normalized spacial score (nSPS) is 26.7. The molecule has 2 aliphatic rings. The Kier molecular flexibility index (Phi) is 5.74. The first-order chi connectivity index (χ1) is 12.8. The zero-order valence-electron chi connectivity index (χ0n) is 14.8. The molecule has 27 heavy (non-hydrogen) atoms. The molecule has 1 aromatic carbocycles. The zero-order chi connectivity index (χ0) is 19.6. The lowest BCUT2D eigenvalue weighted by molar-refractivity contribution is -0.139. The molecule has 2 amide bonds. The fraction of sp³-hybridized carbons (Fsp3) is 0.579. The molecule has 2 fully saturated rings. The molecule has 1 aromatic rings. The lowest BCUT2D eigenvalue weighted by Gasteiger charge is -2.39. The van der Waals surface area contributed by atoms with E-state index in [1.54, 1.807) is 0 Å². The summed E-state index contributed by atoms with van der Waals surface area (Å²) >= 11 is 0. The van der Waals surface area contributed by atoms with E-state index in [0.29, 0.717) is 6.42 Å². The van der Waals surface area contributed by atoms with Crippen molar-refractivity contribution in [3.05, 3.63) is 35.4 Å². The Morgan fingerprint density at radius 2 is 1.96 bits per heavy atom. The third-order valence-corrected chi connectivity index (χ3v) is 5.50. The third kappa shape index (κ3) is 4.43. The minimum atomic E-state index is -4.60. The second kappa shape index (κ2) is 7.88. The molecule has 0 radical (unpaired) electrons. The van der Waals surface area contributed by atoms with Gasteiger partial charge in [-0.2, -0.15) is 13.2 Å². The second-order valence-electron chi connectivity index (χ2n) is 7.29. The summed E-state index contributed by atoms with van der Waals surface area (Å²) in [7, 11) is 0. The van der Waals surface area contributed by atoms with Crippen LogP contribution < -0.4 is 10.6 Å². The predicted octanol–water partition coefficient (Wildman–Crippen LogP) is 2.55. The van der Waals surface area contributed by atoms with Crippen LogP contribution in [0.25, 0.3) is 0 Å². The predicted molar refractivity (Wildman–Crippen MR) is 91.4 cm³/mol. The Labute approximate surface area is 155 Å². The van der Waals surface area contributed by atoms with Crippen molar-refractivity contribution < 1.29 is 27.9 Å². The van der Waals surface area contributed by atoms with E-state index in [2.05, 4.69) is 10.6 Å². The summed E-state index contributed by atoms with van der Waals surface area (Å²) in [6.45, 7) is -0.385. The second-order valence-corrected chi connectivity index (χ2v) is 7.29. The van der Waals surface area contributed by atoms with Gasteiger partial charge >= 0.3 is 6.18 Å². The SMILES string of the molecule is O=C(NCC(O)c1ccccc1C(F)(F)F)C1CC2CCCCC2NC1=O. The van der Waals surface area contributed by atoms with Crippen LogP contribution in [0.1, 0.15) is 49.3 Å². The number of benzene rings is 1. The highest BCUT2D eigenvalue weighted by Gasteiger charge is 2.40. The minimum Gasteiger partial charge on any atom is -0.387 e. The molecule has 8 heteroatoms. The molecule has 3 rings (SSSR count). The van der Waals surface area contributed by atoms with Crippen LogP contribution >= 0.6 is 0 Å². The van der Waals surface area contributed by atoms with Gasteiger partial charge in [0.2, 0.25) is 11.8 Å². The molecule has 1 aliphatic carbocycles. The number of halogens is 3. The Morgan fingerprint density at radius 3 is 2.70 bits per heavy atom. The summed E-state index contributed by atoms with van der Waals surface area (Å²) in [4.78, 5) is 24.6. The van der Waals surface area contributed by atoms with E-state index >= 15 is 0 Å². The van der Waals surface area contributed by atoms with E-state index in [9.17, 15) is 27.9 Å². The maximum absolute atomic E-state index is 13.1. The van der Waals surface area contributed by atoms with Crippen LogP contribution in [0.5, 0.6) is 0 Å². The molecule has 3 N–H and O–H groups in total. The Morgan fingerprint density at radius 1 is 1.26 bits per heavy atom. The summed E-state index contributed by atoms with van der Waals surface area (Å²) in [6.07, 6.45) is -1.67. The van der Waals surface area contributed by atoms with E-state index in [0.717, 1.165) is 31.7 Å². The highest BCUT2D eigenvalue weighted by Crippen LogP contribution is 2.35. The largest absolute Gasteiger partial charge is 0.416 e. The van der Waals surface area contributed by atoms with Gasteiger partial charge in [0.1, 0.15) is 5.92 Å². The number of amides is 2. The van der Waals surface area contributed by atoms with Crippen molar-refractivity contribution in [1.29, 1.82) is 0 Å². The van der Waals surface area contributed by atoms with Crippen LogP contribution in [0.3, 0.4) is 0 Å². The average molecular weight is 384 g/mol. The number of piperidine rings is 1. The molecule has 1 heterocycles. The number of aliphatic hydroxyl groups is 1. The lowest BCUT2D eigenvalue weighted by Crippen LogP contribution is -2.54. The number of carbonyl (C=O) groups excluding carboxylic acids is 2. The first-order valence-electron chi connectivity index (χ1n) is 9.19. The van der Waals surface area contributed by atoms with Crippen LogP contribution in [0, 0.1) is 11.8 Å². The number of nitrogens with one attached hydrogen (secondary N) is 2. The van der Waals surface area contributed by atoms with Crippen molar-refractivity contribution in [3.63, 3.8) is 0 Å². The number of carbonyl (C=O) groups is 2. The van der Waals surface area contributed by atoms with Gasteiger partial charge in [-0.3, -0.25) is 9.59 Å². The van der Waals surface area contributed by atoms with Crippen molar-refractivity contribution in [3.8, 4) is 0 Å². The number of hydrogen-bond donors (Lipinski definition) is 3. The van der Waals surface area contributed by atoms with E-state index < -0.39 is 29.7 Å². The standard InChI is InChI=1S/C19H23F3N2O3/c20-19(21,22)14-7-3-2-6-12(14)16(25)10-23-17(26)13-9-11-5-1-4-8-15(11)24-18(13)27/h2-3,6-7,11,13,15-16,25H,1,4-5,8-10H2,(H,23,26)(H,24,27). The topological polar surface area (TPSA) is 78.4 Å². The highest BCUT2D eigenvalue weighted by molar-refractivity contribution is 6.01. The summed E-state index contributed by atoms with van der Waals surface area (Å²) in [6, 6.07) is 4.81. The molecule has 0 spiro atoms. The quantitative estimate of drug-likeness (QED) is 0.698. The van der Waals surface area contributed by atoms with Gasteiger partial charge < -0.3 is 15.7 Å². The molecular weight excluding hydrogens is 361 g/mol. The summed E-state index contributed by atoms with van der Waals surface area (Å²) in [5, 5.41) is 15.5. The number of fused-ring (bicyclic) bond motifs is 1. The van der Waals surface area contributed by atoms with Crippen molar-refractivity contribution in [2.45, 2.75) is 50.4 Å². The van der Waals surface area contributed by atoms with Gasteiger partial charge in [-0.25, -0.2) is 0 Å². The molecule has 4 unspecified atom stereocenters. The van der Waals surface area contributed by atoms with Gasteiger partial charge in [-0.1, -0.05) is 31.0 Å². The molecule has 1 saturated carbocycles. The molecular formula is C19H23F3N2O3. The van der Waals surface area contributed by atoms with Crippen LogP contribution in [-0.4, -0.2) is 29.5 Å². The lowest BCUT2D eigenvalue weighted by atomic mass is 9.75. The van der Waals surface area contributed by atoms with Crippen molar-refractivity contribution in [1.82, 2.24) is 10.6 Å². The van der Waals surface area contributed by atoms with Crippen molar-refractivity contribution in [2.75, 3.05) is 6.54 Å². The Hall–Kier alpha value is -2.09. The Balaban J connectivity index is 1.61. The van der Waals surface area contributed by atoms with E-state index in [1.807, 2.05) is 0 Å². The van der Waals surface area contributed by atoms with Gasteiger partial charge in [0.05, 0.1) is 11.7 Å². The molecule has 5 nitrogen and oxygen atoms in total. The van der Waals surface area contributed by atoms with Gasteiger partial charge in [0, 0.05) is 12.6 Å². The molecule has 1 aliphatic heterocycles. The molecule has 0 bridgehead atoms. The van der Waals surface area contributed by atoms with Crippen molar-refractivity contribution >= 4 is 11.8 Å². The first-order valence-corrected chi connectivity index (χ1v) is 9.19. The maximum Gasteiger partial charge on any atom is 0.416 e. The molecule has 4 atom stereocenters. The summed E-state index contributed by atoms with van der Waals surface area (Å²) in [5.41, 5.74) is -1.24. The van der Waals surface area contributed by atoms with Crippen LogP contribution in [0.15, 0.2) is 24.3 Å². The third-order valence-electron chi connectivity index (χ3n) is 5.50. The molecule has 148 valence electrons. The molecule has 1 saturated heterocycles. The average Bonchev–Trinajstić information content (AvgIpc) is 2.64. The number of rotatable bonds is 4. The van der Waals surface area contributed by atoms with E-state index in [1.165, 1.54) is 18.2 Å². The van der Waals surface area contributed by atoms with E-state index in [-0.39, 0.29) is 30.0 Å². The van der Waals surface area contributed by atoms with Gasteiger partial charge in [0.15, 0.2) is 0 Å². The first kappa shape index (κ1) is 19.7. The zero-order valence-corrected chi connectivity index (χ0v) is 14.8. The summed E-state index contributed by atoms with van der Waals surface area (Å²) in [5.74, 6) is -1.52. The summed E-state index contributed by atoms with van der Waals surface area (Å²) < 4.78 is 39.2. The minimum absolute atomic E-state index is 0.111. The van der Waals surface area contributed by atoms with E-state index in [4.69, 9.17) is 0 Å². The van der Waals surface area contributed by atoms with Crippen molar-refractivity contribution in [2.24, 2.45) is 11.8 Å². The number of aliphatic hydroxyl groups excluding tert-OH is 1.